The maximum absolute atomic E-state index is 11.8. The Morgan fingerprint density at radius 3 is 2.21 bits per heavy atom. The first-order valence-electron chi connectivity index (χ1n) is 6.51. The summed E-state index contributed by atoms with van der Waals surface area (Å²) in [5, 5.41) is 14.4. The number of urea groups is 1. The number of carbonyl (C=O) groups is 2. The van der Waals surface area contributed by atoms with Crippen LogP contribution in [0.1, 0.15) is 40.5 Å². The van der Waals surface area contributed by atoms with Gasteiger partial charge in [0.15, 0.2) is 0 Å². The van der Waals surface area contributed by atoms with Gasteiger partial charge in [0, 0.05) is 7.11 Å². The number of hydrogen-bond acceptors (Lipinski definition) is 3. The Kier molecular flexibility index (Phi) is 7.44. The molecule has 112 valence electrons. The first-order valence-corrected chi connectivity index (χ1v) is 6.51. The minimum Gasteiger partial charge on any atom is -0.480 e. The fourth-order valence-electron chi connectivity index (χ4n) is 1.75. The van der Waals surface area contributed by atoms with Crippen molar-refractivity contribution in [1.29, 1.82) is 0 Å². The van der Waals surface area contributed by atoms with Gasteiger partial charge in [-0.1, -0.05) is 34.1 Å². The van der Waals surface area contributed by atoms with Crippen molar-refractivity contribution in [3.8, 4) is 0 Å². The van der Waals surface area contributed by atoms with E-state index in [0.717, 1.165) is 12.8 Å². The predicted molar refractivity (Wildman–Crippen MR) is 73.1 cm³/mol. The quantitative estimate of drug-likeness (QED) is 0.658. The van der Waals surface area contributed by atoms with E-state index in [1.807, 2.05) is 6.92 Å². The summed E-state index contributed by atoms with van der Waals surface area (Å²) in [5.41, 5.74) is -0.551. The first-order chi connectivity index (χ1) is 8.72. The molecule has 0 aliphatic heterocycles. The zero-order valence-electron chi connectivity index (χ0n) is 12.4. The lowest BCUT2D eigenvalue weighted by Crippen LogP contribution is -2.54. The number of carbonyl (C=O) groups excluding carboxylic acids is 1. The maximum atomic E-state index is 11.8. The normalized spacial score (nSPS) is 14.6. The minimum absolute atomic E-state index is 0.107. The standard InChI is InChI=1S/C13H26N2O4/c1-6-7-9(8-19-5)14-12(18)15-10(11(16)17)13(2,3)4/h9-10H,6-8H2,1-5H3,(H,16,17)(H2,14,15,18). The molecule has 0 aromatic heterocycles. The van der Waals surface area contributed by atoms with Crippen molar-refractivity contribution in [3.63, 3.8) is 0 Å². The van der Waals surface area contributed by atoms with E-state index in [4.69, 9.17) is 9.84 Å². The molecule has 0 aromatic carbocycles. The highest BCUT2D eigenvalue weighted by molar-refractivity contribution is 5.83. The van der Waals surface area contributed by atoms with E-state index in [1.54, 1.807) is 27.9 Å². The summed E-state index contributed by atoms with van der Waals surface area (Å²) < 4.78 is 5.02. The van der Waals surface area contributed by atoms with E-state index in [1.165, 1.54) is 0 Å². The SMILES string of the molecule is CCCC(COC)NC(=O)NC(C(=O)O)C(C)(C)C. The van der Waals surface area contributed by atoms with Crippen molar-refractivity contribution < 1.29 is 19.4 Å². The van der Waals surface area contributed by atoms with Crippen LogP contribution in [0.3, 0.4) is 0 Å². The Balaban J connectivity index is 4.52. The largest absolute Gasteiger partial charge is 0.480 e. The van der Waals surface area contributed by atoms with Crippen LogP contribution in [-0.4, -0.2) is 42.9 Å². The molecular formula is C13H26N2O4. The third-order valence-corrected chi connectivity index (χ3v) is 2.73. The van der Waals surface area contributed by atoms with Gasteiger partial charge in [-0.2, -0.15) is 0 Å². The van der Waals surface area contributed by atoms with Gasteiger partial charge in [0.05, 0.1) is 12.6 Å². The van der Waals surface area contributed by atoms with Gasteiger partial charge in [-0.25, -0.2) is 9.59 Å². The molecule has 3 N–H and O–H groups in total. The number of hydrogen-bond donors (Lipinski definition) is 3. The Bertz CT molecular complexity index is 294. The number of ether oxygens (including phenoxy) is 1. The molecular weight excluding hydrogens is 248 g/mol. The Morgan fingerprint density at radius 1 is 1.26 bits per heavy atom. The first kappa shape index (κ1) is 17.7. The lowest BCUT2D eigenvalue weighted by atomic mass is 9.87. The summed E-state index contributed by atoms with van der Waals surface area (Å²) in [6.45, 7) is 7.73. The Hall–Kier alpha value is -1.30. The van der Waals surface area contributed by atoms with Crippen LogP contribution in [0.25, 0.3) is 0 Å². The average Bonchev–Trinajstić information content (AvgIpc) is 2.24. The molecule has 6 heteroatoms. The van der Waals surface area contributed by atoms with Gasteiger partial charge < -0.3 is 20.5 Å². The number of amides is 2. The van der Waals surface area contributed by atoms with Crippen LogP contribution in [0, 0.1) is 5.41 Å². The number of aliphatic carboxylic acids is 1. The molecule has 6 nitrogen and oxygen atoms in total. The smallest absolute Gasteiger partial charge is 0.326 e. The van der Waals surface area contributed by atoms with Crippen LogP contribution in [0.2, 0.25) is 0 Å². The number of carboxylic acid groups (broad SMARTS) is 1. The van der Waals surface area contributed by atoms with Crippen molar-refractivity contribution in [2.75, 3.05) is 13.7 Å². The molecule has 0 heterocycles. The highest BCUT2D eigenvalue weighted by Crippen LogP contribution is 2.19. The van der Waals surface area contributed by atoms with Gasteiger partial charge in [-0.15, -0.1) is 0 Å². The van der Waals surface area contributed by atoms with Gasteiger partial charge >= 0.3 is 12.0 Å². The van der Waals surface area contributed by atoms with Crippen LogP contribution >= 0.6 is 0 Å². The van der Waals surface area contributed by atoms with Gasteiger partial charge in [0.25, 0.3) is 0 Å². The molecule has 0 bridgehead atoms. The van der Waals surface area contributed by atoms with Gasteiger partial charge in [0.2, 0.25) is 0 Å². The van der Waals surface area contributed by atoms with Crippen LogP contribution in [-0.2, 0) is 9.53 Å². The molecule has 0 saturated carbocycles. The van der Waals surface area contributed by atoms with E-state index in [2.05, 4.69) is 10.6 Å². The molecule has 0 saturated heterocycles. The second-order valence-corrected chi connectivity index (χ2v) is 5.70. The molecule has 0 aliphatic carbocycles. The van der Waals surface area contributed by atoms with Crippen LogP contribution < -0.4 is 10.6 Å². The molecule has 19 heavy (non-hydrogen) atoms. The molecule has 2 atom stereocenters. The third-order valence-electron chi connectivity index (χ3n) is 2.73. The molecule has 0 aliphatic rings. The molecule has 2 unspecified atom stereocenters. The maximum Gasteiger partial charge on any atom is 0.326 e. The number of carboxylic acids is 1. The van der Waals surface area contributed by atoms with Crippen molar-refractivity contribution in [2.24, 2.45) is 5.41 Å². The fourth-order valence-corrected chi connectivity index (χ4v) is 1.75. The summed E-state index contributed by atoms with van der Waals surface area (Å²) in [7, 11) is 1.57. The second-order valence-electron chi connectivity index (χ2n) is 5.70. The van der Waals surface area contributed by atoms with Crippen molar-refractivity contribution in [3.05, 3.63) is 0 Å². The van der Waals surface area contributed by atoms with E-state index in [-0.39, 0.29) is 6.04 Å². The van der Waals surface area contributed by atoms with E-state index in [0.29, 0.717) is 6.61 Å². The fraction of sp³-hybridized carbons (Fsp3) is 0.846. The van der Waals surface area contributed by atoms with E-state index in [9.17, 15) is 9.59 Å². The van der Waals surface area contributed by atoms with Gasteiger partial charge in [-0.3, -0.25) is 0 Å². The summed E-state index contributed by atoms with van der Waals surface area (Å²) in [4.78, 5) is 23.0. The summed E-state index contributed by atoms with van der Waals surface area (Å²) in [6.07, 6.45) is 1.70. The summed E-state index contributed by atoms with van der Waals surface area (Å²) in [6, 6.07) is -1.51. The van der Waals surface area contributed by atoms with Crippen LogP contribution in [0.4, 0.5) is 4.79 Å². The molecule has 0 rings (SSSR count). The average molecular weight is 274 g/mol. The van der Waals surface area contributed by atoms with Gasteiger partial charge in [0.1, 0.15) is 6.04 Å². The Labute approximate surface area is 114 Å². The number of nitrogens with one attached hydrogen (secondary N) is 2. The molecule has 2 amide bonds. The second kappa shape index (κ2) is 7.99. The minimum atomic E-state index is -1.04. The third kappa shape index (κ3) is 7.00. The van der Waals surface area contributed by atoms with Gasteiger partial charge in [-0.05, 0) is 11.8 Å². The molecule has 0 aromatic rings. The molecule has 0 fully saturated rings. The zero-order valence-corrected chi connectivity index (χ0v) is 12.4. The highest BCUT2D eigenvalue weighted by Gasteiger charge is 2.32. The zero-order chi connectivity index (χ0) is 15.1. The molecule has 0 radical (unpaired) electrons. The number of rotatable bonds is 7. The lowest BCUT2D eigenvalue weighted by Gasteiger charge is -2.28. The topological polar surface area (TPSA) is 87.7 Å². The predicted octanol–water partition coefficient (Wildman–Crippen LogP) is 1.60. The van der Waals surface area contributed by atoms with Crippen LogP contribution in [0.15, 0.2) is 0 Å². The van der Waals surface area contributed by atoms with Crippen molar-refractivity contribution in [1.82, 2.24) is 10.6 Å². The van der Waals surface area contributed by atoms with Crippen LogP contribution in [0.5, 0.6) is 0 Å². The molecule has 0 spiro atoms. The van der Waals surface area contributed by atoms with Crippen molar-refractivity contribution in [2.45, 2.75) is 52.6 Å². The highest BCUT2D eigenvalue weighted by atomic mass is 16.5. The Morgan fingerprint density at radius 2 is 1.84 bits per heavy atom. The van der Waals surface area contributed by atoms with Crippen molar-refractivity contribution >= 4 is 12.0 Å². The monoisotopic (exact) mass is 274 g/mol. The van der Waals surface area contributed by atoms with E-state index >= 15 is 0 Å². The summed E-state index contributed by atoms with van der Waals surface area (Å²) in [5.74, 6) is -1.04. The number of methoxy groups -OCH3 is 1. The van der Waals surface area contributed by atoms with E-state index < -0.39 is 23.5 Å². The lowest BCUT2D eigenvalue weighted by molar-refractivity contribution is -0.141. The summed E-state index contributed by atoms with van der Waals surface area (Å²) >= 11 is 0.